The van der Waals surface area contributed by atoms with Gasteiger partial charge in [0.25, 0.3) is 0 Å². The highest BCUT2D eigenvalue weighted by atomic mass is 16.5. The number of hydrogen-bond acceptors (Lipinski definition) is 3. The van der Waals surface area contributed by atoms with Gasteiger partial charge in [0, 0.05) is 25.2 Å². The SMILES string of the molecule is CCNC1CCCCCC1N1CCOC(C)C1. The van der Waals surface area contributed by atoms with Crippen molar-refractivity contribution >= 4 is 0 Å². The molecule has 1 saturated carbocycles. The number of likely N-dealkylation sites (N-methyl/N-ethyl adjacent to an activating group) is 1. The second kappa shape index (κ2) is 6.72. The molecule has 0 aromatic carbocycles. The molecule has 1 heterocycles. The van der Waals surface area contributed by atoms with Crippen LogP contribution in [0.25, 0.3) is 0 Å². The van der Waals surface area contributed by atoms with Gasteiger partial charge in [-0.25, -0.2) is 0 Å². The lowest BCUT2D eigenvalue weighted by Gasteiger charge is -2.40. The lowest BCUT2D eigenvalue weighted by Crippen LogP contribution is -2.54. The van der Waals surface area contributed by atoms with Gasteiger partial charge in [-0.1, -0.05) is 26.2 Å². The first kappa shape index (κ1) is 13.3. The van der Waals surface area contributed by atoms with Crippen molar-refractivity contribution in [3.63, 3.8) is 0 Å². The van der Waals surface area contributed by atoms with Gasteiger partial charge < -0.3 is 10.1 Å². The molecular weight excluding hydrogens is 212 g/mol. The van der Waals surface area contributed by atoms with Crippen molar-refractivity contribution in [2.75, 3.05) is 26.2 Å². The van der Waals surface area contributed by atoms with Gasteiger partial charge in [-0.15, -0.1) is 0 Å². The van der Waals surface area contributed by atoms with Crippen molar-refractivity contribution in [2.45, 2.75) is 64.1 Å². The highest BCUT2D eigenvalue weighted by Crippen LogP contribution is 2.24. The summed E-state index contributed by atoms with van der Waals surface area (Å²) in [6, 6.07) is 1.44. The third kappa shape index (κ3) is 3.67. The lowest BCUT2D eigenvalue weighted by atomic mass is 10.00. The number of hydrogen-bond donors (Lipinski definition) is 1. The Hall–Kier alpha value is -0.120. The first-order chi connectivity index (χ1) is 8.31. The zero-order valence-corrected chi connectivity index (χ0v) is 11.5. The topological polar surface area (TPSA) is 24.5 Å². The minimum atomic E-state index is 0.411. The van der Waals surface area contributed by atoms with Crippen LogP contribution in [-0.2, 0) is 4.74 Å². The fraction of sp³-hybridized carbons (Fsp3) is 1.00. The first-order valence-corrected chi connectivity index (χ1v) is 7.40. The summed E-state index contributed by atoms with van der Waals surface area (Å²) >= 11 is 0. The molecule has 0 aromatic heterocycles. The predicted octanol–water partition coefficient (Wildman–Crippen LogP) is 2.02. The van der Waals surface area contributed by atoms with E-state index in [9.17, 15) is 0 Å². The summed E-state index contributed by atoms with van der Waals surface area (Å²) in [5, 5.41) is 3.70. The highest BCUT2D eigenvalue weighted by Gasteiger charge is 2.30. The van der Waals surface area contributed by atoms with E-state index in [0.717, 1.165) is 32.3 Å². The van der Waals surface area contributed by atoms with E-state index in [2.05, 4.69) is 24.1 Å². The van der Waals surface area contributed by atoms with Crippen molar-refractivity contribution in [1.82, 2.24) is 10.2 Å². The second-order valence-corrected chi connectivity index (χ2v) is 5.55. The van der Waals surface area contributed by atoms with Gasteiger partial charge in [0.05, 0.1) is 12.7 Å². The summed E-state index contributed by atoms with van der Waals surface area (Å²) < 4.78 is 5.66. The van der Waals surface area contributed by atoms with Crippen LogP contribution in [0.2, 0.25) is 0 Å². The molecule has 100 valence electrons. The molecule has 2 rings (SSSR count). The van der Waals surface area contributed by atoms with Crippen LogP contribution < -0.4 is 5.32 Å². The van der Waals surface area contributed by atoms with Gasteiger partial charge in [-0.2, -0.15) is 0 Å². The molecular formula is C14H28N2O. The average molecular weight is 240 g/mol. The minimum Gasteiger partial charge on any atom is -0.376 e. The van der Waals surface area contributed by atoms with E-state index < -0.39 is 0 Å². The Morgan fingerprint density at radius 3 is 2.82 bits per heavy atom. The number of rotatable bonds is 3. The Bertz CT molecular complexity index is 222. The van der Waals surface area contributed by atoms with E-state index in [1.165, 1.54) is 32.1 Å². The van der Waals surface area contributed by atoms with Crippen LogP contribution in [0.15, 0.2) is 0 Å². The molecule has 1 saturated heterocycles. The molecule has 1 aliphatic carbocycles. The van der Waals surface area contributed by atoms with Crippen LogP contribution in [0.3, 0.4) is 0 Å². The van der Waals surface area contributed by atoms with Crippen LogP contribution >= 0.6 is 0 Å². The largest absolute Gasteiger partial charge is 0.376 e. The van der Waals surface area contributed by atoms with E-state index >= 15 is 0 Å². The molecule has 0 spiro atoms. The maximum atomic E-state index is 5.66. The van der Waals surface area contributed by atoms with Crippen LogP contribution in [0, 0.1) is 0 Å². The minimum absolute atomic E-state index is 0.411. The Morgan fingerprint density at radius 1 is 1.24 bits per heavy atom. The van der Waals surface area contributed by atoms with E-state index in [-0.39, 0.29) is 0 Å². The van der Waals surface area contributed by atoms with Crippen molar-refractivity contribution in [3.8, 4) is 0 Å². The zero-order chi connectivity index (χ0) is 12.1. The fourth-order valence-electron chi connectivity index (χ4n) is 3.37. The summed E-state index contributed by atoms with van der Waals surface area (Å²) in [4.78, 5) is 2.67. The average Bonchev–Trinajstić information content (AvgIpc) is 2.55. The fourth-order valence-corrected chi connectivity index (χ4v) is 3.37. The van der Waals surface area contributed by atoms with Gasteiger partial charge >= 0.3 is 0 Å². The lowest BCUT2D eigenvalue weighted by molar-refractivity contribution is -0.0407. The maximum absolute atomic E-state index is 5.66. The van der Waals surface area contributed by atoms with Crippen molar-refractivity contribution in [3.05, 3.63) is 0 Å². The van der Waals surface area contributed by atoms with Gasteiger partial charge in [0.1, 0.15) is 0 Å². The Balaban J connectivity index is 1.97. The van der Waals surface area contributed by atoms with Crippen LogP contribution in [-0.4, -0.2) is 49.3 Å². The van der Waals surface area contributed by atoms with Crippen molar-refractivity contribution in [1.29, 1.82) is 0 Å². The van der Waals surface area contributed by atoms with E-state index in [1.807, 2.05) is 0 Å². The van der Waals surface area contributed by atoms with Crippen molar-refractivity contribution < 1.29 is 4.74 Å². The summed E-state index contributed by atoms with van der Waals surface area (Å²) in [6.07, 6.45) is 7.34. The number of ether oxygens (including phenoxy) is 1. The maximum Gasteiger partial charge on any atom is 0.0674 e. The molecule has 0 bridgehead atoms. The molecule has 17 heavy (non-hydrogen) atoms. The number of morpholine rings is 1. The highest BCUT2D eigenvalue weighted by molar-refractivity contribution is 4.88. The standard InChI is InChI=1S/C14H28N2O/c1-3-15-13-7-5-4-6-8-14(13)16-9-10-17-12(2)11-16/h12-15H,3-11H2,1-2H3. The van der Waals surface area contributed by atoms with E-state index in [4.69, 9.17) is 4.74 Å². The molecule has 2 aliphatic rings. The van der Waals surface area contributed by atoms with Gasteiger partial charge in [-0.05, 0) is 26.3 Å². The first-order valence-electron chi connectivity index (χ1n) is 7.40. The Labute approximate surface area is 106 Å². The van der Waals surface area contributed by atoms with Crippen LogP contribution in [0.4, 0.5) is 0 Å². The Kier molecular flexibility index (Phi) is 5.26. The summed E-state index contributed by atoms with van der Waals surface area (Å²) in [6.45, 7) is 8.68. The van der Waals surface area contributed by atoms with E-state index in [0.29, 0.717) is 12.1 Å². The molecule has 0 amide bonds. The van der Waals surface area contributed by atoms with Gasteiger partial charge in [-0.3, -0.25) is 4.90 Å². The zero-order valence-electron chi connectivity index (χ0n) is 11.5. The second-order valence-electron chi connectivity index (χ2n) is 5.55. The monoisotopic (exact) mass is 240 g/mol. The Morgan fingerprint density at radius 2 is 2.06 bits per heavy atom. The predicted molar refractivity (Wildman–Crippen MR) is 71.3 cm³/mol. The van der Waals surface area contributed by atoms with E-state index in [1.54, 1.807) is 0 Å². The molecule has 1 N–H and O–H groups in total. The van der Waals surface area contributed by atoms with Crippen LogP contribution in [0.1, 0.15) is 46.0 Å². The molecule has 2 fully saturated rings. The third-order valence-electron chi connectivity index (χ3n) is 4.19. The van der Waals surface area contributed by atoms with Crippen molar-refractivity contribution in [2.24, 2.45) is 0 Å². The quantitative estimate of drug-likeness (QED) is 0.764. The summed E-state index contributed by atoms with van der Waals surface area (Å²) in [5.41, 5.74) is 0. The third-order valence-corrected chi connectivity index (χ3v) is 4.19. The molecule has 3 heteroatoms. The molecule has 0 radical (unpaired) electrons. The smallest absolute Gasteiger partial charge is 0.0674 e. The summed E-state index contributed by atoms with van der Waals surface area (Å²) in [7, 11) is 0. The molecule has 3 nitrogen and oxygen atoms in total. The number of nitrogens with zero attached hydrogens (tertiary/aromatic N) is 1. The van der Waals surface area contributed by atoms with Gasteiger partial charge in [0.2, 0.25) is 0 Å². The molecule has 3 unspecified atom stereocenters. The number of nitrogens with one attached hydrogen (secondary N) is 1. The summed E-state index contributed by atoms with van der Waals surface area (Å²) in [5.74, 6) is 0. The molecule has 1 aliphatic heterocycles. The normalized spacial score (nSPS) is 36.7. The van der Waals surface area contributed by atoms with Gasteiger partial charge in [0.15, 0.2) is 0 Å². The van der Waals surface area contributed by atoms with Crippen LogP contribution in [0.5, 0.6) is 0 Å². The molecule has 0 aromatic rings. The molecule has 3 atom stereocenters.